The smallest absolute Gasteiger partial charge is 0.349 e. The summed E-state index contributed by atoms with van der Waals surface area (Å²) in [4.78, 5) is 41.6. The van der Waals surface area contributed by atoms with Crippen molar-refractivity contribution in [1.82, 2.24) is 24.9 Å². The first-order valence-electron chi connectivity index (χ1n) is 8.14. The van der Waals surface area contributed by atoms with Gasteiger partial charge in [0.05, 0.1) is 12.5 Å². The Bertz CT molecular complexity index is 1020. The Morgan fingerprint density at radius 3 is 2.70 bits per heavy atom. The van der Waals surface area contributed by atoms with Crippen molar-refractivity contribution < 1.29 is 19.8 Å². The van der Waals surface area contributed by atoms with Crippen LogP contribution in [0.5, 0.6) is 5.75 Å². The Labute approximate surface area is 152 Å². The van der Waals surface area contributed by atoms with Crippen LogP contribution in [0.4, 0.5) is 0 Å². The highest BCUT2D eigenvalue weighted by molar-refractivity contribution is 5.84. The summed E-state index contributed by atoms with van der Waals surface area (Å²) in [6.07, 6.45) is 3.08. The molecule has 0 radical (unpaired) electrons. The van der Waals surface area contributed by atoms with Gasteiger partial charge in [0.15, 0.2) is 5.65 Å². The van der Waals surface area contributed by atoms with Crippen molar-refractivity contribution in [3.05, 3.63) is 58.4 Å². The molecule has 3 rings (SSSR count). The Hall–Kier alpha value is -3.69. The number of nitrogens with zero attached hydrogens (tertiary/aromatic N) is 3. The molecule has 0 saturated carbocycles. The summed E-state index contributed by atoms with van der Waals surface area (Å²) in [5, 5.41) is 25.0. The first kappa shape index (κ1) is 18.1. The molecule has 0 spiro atoms. The fourth-order valence-electron chi connectivity index (χ4n) is 2.63. The van der Waals surface area contributed by atoms with Crippen LogP contribution in [0.25, 0.3) is 5.65 Å². The maximum atomic E-state index is 12.2. The van der Waals surface area contributed by atoms with Gasteiger partial charge in [0, 0.05) is 18.4 Å². The molecule has 1 atom stereocenters. The standard InChI is InChI=1S/C17H17N5O5/c23-12-4-1-10(2-5-12)7-13(16(25)26)21-14(24)6-3-11-8-20-22-15(11)18-9-19-17(22)27/h1-2,4-5,8-9,13,23H,3,6-7H2,(H,21,24)(H,25,26)(H,18,19,27). The summed E-state index contributed by atoms with van der Waals surface area (Å²) < 4.78 is 1.10. The number of phenolic OH excluding ortho intramolecular Hbond substituents is 1. The monoisotopic (exact) mass is 371 g/mol. The van der Waals surface area contributed by atoms with Gasteiger partial charge in [-0.15, -0.1) is 0 Å². The maximum absolute atomic E-state index is 12.2. The van der Waals surface area contributed by atoms with E-state index in [2.05, 4.69) is 20.4 Å². The molecular formula is C17H17N5O5. The molecule has 2 heterocycles. The summed E-state index contributed by atoms with van der Waals surface area (Å²) in [5.74, 6) is -1.51. The third-order valence-electron chi connectivity index (χ3n) is 4.01. The second-order valence-electron chi connectivity index (χ2n) is 5.94. The zero-order chi connectivity index (χ0) is 19.4. The van der Waals surface area contributed by atoms with Crippen molar-refractivity contribution in [2.45, 2.75) is 25.3 Å². The van der Waals surface area contributed by atoms with E-state index in [1.54, 1.807) is 12.1 Å². The van der Waals surface area contributed by atoms with Gasteiger partial charge in [0.1, 0.15) is 11.8 Å². The predicted molar refractivity (Wildman–Crippen MR) is 93.3 cm³/mol. The van der Waals surface area contributed by atoms with E-state index in [1.165, 1.54) is 24.7 Å². The number of aromatic amines is 1. The molecule has 0 aliphatic carbocycles. The third kappa shape index (κ3) is 4.29. The van der Waals surface area contributed by atoms with Crippen LogP contribution < -0.4 is 11.0 Å². The number of phenols is 1. The largest absolute Gasteiger partial charge is 0.508 e. The van der Waals surface area contributed by atoms with Crippen LogP contribution >= 0.6 is 0 Å². The lowest BCUT2D eigenvalue weighted by molar-refractivity contribution is -0.141. The van der Waals surface area contributed by atoms with Gasteiger partial charge in [-0.1, -0.05) is 12.1 Å². The highest BCUT2D eigenvalue weighted by Crippen LogP contribution is 2.12. The zero-order valence-corrected chi connectivity index (χ0v) is 14.1. The van der Waals surface area contributed by atoms with Gasteiger partial charge in [-0.2, -0.15) is 9.61 Å². The van der Waals surface area contributed by atoms with Crippen molar-refractivity contribution in [2.24, 2.45) is 0 Å². The van der Waals surface area contributed by atoms with E-state index >= 15 is 0 Å². The Morgan fingerprint density at radius 2 is 2.00 bits per heavy atom. The molecule has 3 aromatic rings. The third-order valence-corrected chi connectivity index (χ3v) is 4.01. The molecule has 1 aromatic carbocycles. The highest BCUT2D eigenvalue weighted by Gasteiger charge is 2.20. The lowest BCUT2D eigenvalue weighted by Gasteiger charge is -2.14. The number of fused-ring (bicyclic) bond motifs is 1. The van der Waals surface area contributed by atoms with Gasteiger partial charge in [-0.25, -0.2) is 14.6 Å². The highest BCUT2D eigenvalue weighted by atomic mass is 16.4. The Balaban J connectivity index is 1.62. The van der Waals surface area contributed by atoms with Crippen LogP contribution in [-0.4, -0.2) is 47.7 Å². The van der Waals surface area contributed by atoms with Crippen LogP contribution in [-0.2, 0) is 22.4 Å². The van der Waals surface area contributed by atoms with Gasteiger partial charge in [-0.3, -0.25) is 9.78 Å². The molecule has 1 unspecified atom stereocenters. The average Bonchev–Trinajstić information content (AvgIpc) is 3.05. The number of carbonyl (C=O) groups is 2. The molecule has 1 amide bonds. The summed E-state index contributed by atoms with van der Waals surface area (Å²) in [7, 11) is 0. The average molecular weight is 371 g/mol. The van der Waals surface area contributed by atoms with E-state index in [0.717, 1.165) is 4.52 Å². The number of hydrogen-bond donors (Lipinski definition) is 4. The maximum Gasteiger partial charge on any atom is 0.349 e. The van der Waals surface area contributed by atoms with Gasteiger partial charge < -0.3 is 15.5 Å². The molecule has 2 aromatic heterocycles. The summed E-state index contributed by atoms with van der Waals surface area (Å²) in [6.45, 7) is 0. The van der Waals surface area contributed by atoms with Crippen molar-refractivity contribution >= 4 is 17.5 Å². The molecule has 0 saturated heterocycles. The van der Waals surface area contributed by atoms with Gasteiger partial charge >= 0.3 is 11.7 Å². The number of aromatic hydroxyl groups is 1. The minimum atomic E-state index is -1.15. The number of aliphatic carboxylic acids is 1. The number of nitrogens with one attached hydrogen (secondary N) is 2. The molecule has 10 heteroatoms. The quantitative estimate of drug-likeness (QED) is 0.452. The van der Waals surface area contributed by atoms with E-state index in [1.807, 2.05) is 0 Å². The number of benzene rings is 1. The number of aromatic nitrogens is 4. The molecule has 27 heavy (non-hydrogen) atoms. The van der Waals surface area contributed by atoms with Crippen molar-refractivity contribution in [3.63, 3.8) is 0 Å². The topological polar surface area (TPSA) is 150 Å². The first-order chi connectivity index (χ1) is 12.9. The van der Waals surface area contributed by atoms with E-state index in [-0.39, 0.29) is 25.0 Å². The van der Waals surface area contributed by atoms with E-state index in [9.17, 15) is 24.6 Å². The second-order valence-corrected chi connectivity index (χ2v) is 5.94. The first-order valence-corrected chi connectivity index (χ1v) is 8.14. The predicted octanol–water partition coefficient (Wildman–Crippen LogP) is -0.132. The number of carboxylic acid groups (broad SMARTS) is 1. The van der Waals surface area contributed by atoms with Gasteiger partial charge in [-0.05, 0) is 24.1 Å². The number of aryl methyl sites for hydroxylation is 1. The number of amides is 1. The lowest BCUT2D eigenvalue weighted by Crippen LogP contribution is -2.42. The molecule has 10 nitrogen and oxygen atoms in total. The number of rotatable bonds is 7. The number of H-pyrrole nitrogens is 1. The SMILES string of the molecule is O=C(CCc1cnn2c(=O)[nH]cnc12)NC(Cc1ccc(O)cc1)C(=O)O. The second kappa shape index (κ2) is 7.68. The molecule has 4 N–H and O–H groups in total. The van der Waals surface area contributed by atoms with Crippen LogP contribution in [0.1, 0.15) is 17.5 Å². The zero-order valence-electron chi connectivity index (χ0n) is 14.1. The van der Waals surface area contributed by atoms with E-state index in [4.69, 9.17) is 0 Å². The van der Waals surface area contributed by atoms with Crippen molar-refractivity contribution in [2.75, 3.05) is 0 Å². The van der Waals surface area contributed by atoms with Crippen LogP contribution in [0.2, 0.25) is 0 Å². The van der Waals surface area contributed by atoms with E-state index < -0.39 is 23.6 Å². The molecule has 0 fully saturated rings. The van der Waals surface area contributed by atoms with Crippen LogP contribution in [0.15, 0.2) is 41.6 Å². The Kier molecular flexibility index (Phi) is 5.15. The molecule has 140 valence electrons. The molecule has 0 bridgehead atoms. The summed E-state index contributed by atoms with van der Waals surface area (Å²) in [6, 6.07) is 5.01. The lowest BCUT2D eigenvalue weighted by atomic mass is 10.1. The summed E-state index contributed by atoms with van der Waals surface area (Å²) in [5.41, 5.74) is 1.20. The van der Waals surface area contributed by atoms with Crippen LogP contribution in [0, 0.1) is 0 Å². The van der Waals surface area contributed by atoms with Gasteiger partial charge in [0.25, 0.3) is 0 Å². The van der Waals surface area contributed by atoms with Gasteiger partial charge in [0.2, 0.25) is 5.91 Å². The number of carbonyl (C=O) groups excluding carboxylic acids is 1. The minimum Gasteiger partial charge on any atom is -0.508 e. The van der Waals surface area contributed by atoms with Crippen molar-refractivity contribution in [1.29, 1.82) is 0 Å². The fourth-order valence-corrected chi connectivity index (χ4v) is 2.63. The fraction of sp³-hybridized carbons (Fsp3) is 0.235. The minimum absolute atomic E-state index is 0.0230. The molecule has 0 aliphatic rings. The van der Waals surface area contributed by atoms with E-state index in [0.29, 0.717) is 16.8 Å². The Morgan fingerprint density at radius 1 is 1.26 bits per heavy atom. The summed E-state index contributed by atoms with van der Waals surface area (Å²) >= 11 is 0. The normalized spacial score (nSPS) is 12.0. The molecule has 0 aliphatic heterocycles. The molecular weight excluding hydrogens is 354 g/mol. The van der Waals surface area contributed by atoms with Crippen molar-refractivity contribution in [3.8, 4) is 5.75 Å². The number of hydrogen-bond acceptors (Lipinski definition) is 6. The van der Waals surface area contributed by atoms with Crippen LogP contribution in [0.3, 0.4) is 0 Å². The number of carboxylic acids is 1.